The summed E-state index contributed by atoms with van der Waals surface area (Å²) in [6, 6.07) is 4.87. The zero-order chi connectivity index (χ0) is 22.5. The van der Waals surface area contributed by atoms with Crippen molar-refractivity contribution < 1.29 is 9.32 Å². The lowest BCUT2D eigenvalue weighted by atomic mass is 10.00. The van der Waals surface area contributed by atoms with Crippen molar-refractivity contribution in [3.8, 4) is 11.1 Å². The summed E-state index contributed by atoms with van der Waals surface area (Å²) in [4.78, 5) is 15.4. The van der Waals surface area contributed by atoms with Gasteiger partial charge in [0.1, 0.15) is 5.76 Å². The van der Waals surface area contributed by atoms with E-state index in [9.17, 15) is 4.79 Å². The SMILES string of the molecule is CNc1cc(-c2c(C)noc2C)cc(SNC2CCCC2)c1/C=C(\C=O)N1CCCCC1. The molecule has 6 nitrogen and oxygen atoms in total. The summed E-state index contributed by atoms with van der Waals surface area (Å²) in [5, 5.41) is 7.52. The van der Waals surface area contributed by atoms with Crippen LogP contribution in [-0.4, -0.2) is 42.5 Å². The Balaban J connectivity index is 1.76. The van der Waals surface area contributed by atoms with Gasteiger partial charge in [0.05, 0.1) is 11.4 Å². The Kier molecular flexibility index (Phi) is 7.58. The average molecular weight is 455 g/mol. The molecular weight excluding hydrogens is 420 g/mol. The van der Waals surface area contributed by atoms with Gasteiger partial charge in [0.15, 0.2) is 6.29 Å². The molecule has 0 unspecified atom stereocenters. The monoisotopic (exact) mass is 454 g/mol. The molecule has 1 saturated heterocycles. The molecule has 1 saturated carbocycles. The summed E-state index contributed by atoms with van der Waals surface area (Å²) in [7, 11) is 1.93. The predicted molar refractivity (Wildman–Crippen MR) is 132 cm³/mol. The first kappa shape index (κ1) is 22.9. The molecule has 32 heavy (non-hydrogen) atoms. The highest BCUT2D eigenvalue weighted by Gasteiger charge is 2.20. The molecule has 0 spiro atoms. The molecule has 0 radical (unpaired) electrons. The Morgan fingerprint density at radius 2 is 1.91 bits per heavy atom. The molecule has 1 aliphatic carbocycles. The van der Waals surface area contributed by atoms with E-state index < -0.39 is 0 Å². The fourth-order valence-electron chi connectivity index (χ4n) is 4.80. The maximum absolute atomic E-state index is 12.1. The van der Waals surface area contributed by atoms with Crippen LogP contribution in [0.4, 0.5) is 5.69 Å². The lowest BCUT2D eigenvalue weighted by Crippen LogP contribution is -2.29. The van der Waals surface area contributed by atoms with Crippen molar-refractivity contribution in [1.82, 2.24) is 14.8 Å². The molecule has 2 aliphatic rings. The van der Waals surface area contributed by atoms with Crippen molar-refractivity contribution in [1.29, 1.82) is 0 Å². The van der Waals surface area contributed by atoms with Crippen LogP contribution in [0, 0.1) is 13.8 Å². The fraction of sp³-hybridized carbons (Fsp3) is 0.520. The molecule has 0 bridgehead atoms. The summed E-state index contributed by atoms with van der Waals surface area (Å²) in [6.45, 7) is 5.81. The number of anilines is 1. The number of benzene rings is 1. The third-order valence-electron chi connectivity index (χ3n) is 6.56. The molecule has 2 heterocycles. The number of aryl methyl sites for hydroxylation is 2. The fourth-order valence-corrected chi connectivity index (χ4v) is 5.79. The van der Waals surface area contributed by atoms with E-state index >= 15 is 0 Å². The van der Waals surface area contributed by atoms with Gasteiger partial charge < -0.3 is 14.7 Å². The van der Waals surface area contributed by atoms with Crippen molar-refractivity contribution in [3.05, 3.63) is 34.8 Å². The van der Waals surface area contributed by atoms with Crippen molar-refractivity contribution >= 4 is 30.0 Å². The van der Waals surface area contributed by atoms with Gasteiger partial charge in [0, 0.05) is 47.9 Å². The van der Waals surface area contributed by atoms with Crippen LogP contribution in [0.3, 0.4) is 0 Å². The molecule has 2 N–H and O–H groups in total. The maximum Gasteiger partial charge on any atom is 0.166 e. The summed E-state index contributed by atoms with van der Waals surface area (Å²) < 4.78 is 9.12. The smallest absolute Gasteiger partial charge is 0.166 e. The molecule has 2 fully saturated rings. The third-order valence-corrected chi connectivity index (χ3v) is 7.57. The van der Waals surface area contributed by atoms with Gasteiger partial charge in [0.25, 0.3) is 0 Å². The highest BCUT2D eigenvalue weighted by Crippen LogP contribution is 2.38. The van der Waals surface area contributed by atoms with Gasteiger partial charge in [-0.1, -0.05) is 18.0 Å². The largest absolute Gasteiger partial charge is 0.388 e. The first-order valence-corrected chi connectivity index (χ1v) is 12.6. The maximum atomic E-state index is 12.1. The minimum atomic E-state index is 0.533. The Labute approximate surface area is 195 Å². The van der Waals surface area contributed by atoms with Crippen LogP contribution < -0.4 is 10.0 Å². The van der Waals surface area contributed by atoms with Gasteiger partial charge in [-0.05, 0) is 81.7 Å². The van der Waals surface area contributed by atoms with Crippen molar-refractivity contribution in [2.75, 3.05) is 25.5 Å². The van der Waals surface area contributed by atoms with Gasteiger partial charge in [0.2, 0.25) is 0 Å². The molecule has 2 aromatic rings. The third kappa shape index (κ3) is 5.04. The average Bonchev–Trinajstić information content (AvgIpc) is 3.46. The zero-order valence-corrected chi connectivity index (χ0v) is 20.2. The molecule has 7 heteroatoms. The number of likely N-dealkylation sites (tertiary alicyclic amines) is 1. The van der Waals surface area contributed by atoms with E-state index in [1.165, 1.54) is 32.1 Å². The van der Waals surface area contributed by atoms with Crippen LogP contribution in [0.1, 0.15) is 62.0 Å². The number of carbonyl (C=O) groups excluding carboxylic acids is 1. The lowest BCUT2D eigenvalue weighted by Gasteiger charge is -2.29. The number of rotatable bonds is 8. The molecule has 0 atom stereocenters. The summed E-state index contributed by atoms with van der Waals surface area (Å²) in [6.07, 6.45) is 11.6. The van der Waals surface area contributed by atoms with E-state index in [1.54, 1.807) is 11.9 Å². The van der Waals surface area contributed by atoms with E-state index in [2.05, 4.69) is 38.3 Å². The standard InChI is InChI=1S/C25H34N4O2S/c1-17-25(18(2)31-27-17)19-13-23(26-3)22(15-21(16-30)29-11-7-4-8-12-29)24(14-19)32-28-20-9-5-6-10-20/h13-16,20,26,28H,4-12H2,1-3H3/b21-15+. The molecular formula is C25H34N4O2S. The van der Waals surface area contributed by atoms with Gasteiger partial charge in [-0.15, -0.1) is 0 Å². The van der Waals surface area contributed by atoms with Crippen LogP contribution in [0.25, 0.3) is 17.2 Å². The molecule has 1 aromatic carbocycles. The number of nitrogens with zero attached hydrogens (tertiary/aromatic N) is 2. The van der Waals surface area contributed by atoms with Crippen molar-refractivity contribution in [2.45, 2.75) is 69.7 Å². The molecule has 4 rings (SSSR count). The van der Waals surface area contributed by atoms with Crippen LogP contribution >= 0.6 is 11.9 Å². The second-order valence-corrected chi connectivity index (χ2v) is 9.70. The van der Waals surface area contributed by atoms with E-state index in [4.69, 9.17) is 4.52 Å². The minimum absolute atomic E-state index is 0.533. The first-order valence-electron chi connectivity index (χ1n) is 11.7. The van der Waals surface area contributed by atoms with E-state index in [1.807, 2.05) is 20.9 Å². The number of piperidine rings is 1. The number of aromatic nitrogens is 1. The number of aldehydes is 1. The molecule has 1 aliphatic heterocycles. The van der Waals surface area contributed by atoms with Gasteiger partial charge in [-0.3, -0.25) is 9.52 Å². The van der Waals surface area contributed by atoms with Gasteiger partial charge in [-0.25, -0.2) is 0 Å². The minimum Gasteiger partial charge on any atom is -0.388 e. The van der Waals surface area contributed by atoms with Crippen molar-refractivity contribution in [3.63, 3.8) is 0 Å². The molecule has 0 amide bonds. The van der Waals surface area contributed by atoms with Crippen LogP contribution in [0.2, 0.25) is 0 Å². The zero-order valence-electron chi connectivity index (χ0n) is 19.4. The second kappa shape index (κ2) is 10.6. The Morgan fingerprint density at radius 1 is 1.16 bits per heavy atom. The normalized spacial score (nSPS) is 17.7. The second-order valence-electron chi connectivity index (χ2n) is 8.82. The van der Waals surface area contributed by atoms with Crippen LogP contribution in [0.15, 0.2) is 27.2 Å². The van der Waals surface area contributed by atoms with Crippen LogP contribution in [0.5, 0.6) is 0 Å². The number of hydrogen-bond acceptors (Lipinski definition) is 7. The highest BCUT2D eigenvalue weighted by molar-refractivity contribution is 7.97. The number of carbonyl (C=O) groups is 1. The Bertz CT molecular complexity index is 953. The summed E-state index contributed by atoms with van der Waals surface area (Å²) in [5.74, 6) is 0.814. The number of nitrogens with one attached hydrogen (secondary N) is 2. The first-order chi connectivity index (χ1) is 15.6. The van der Waals surface area contributed by atoms with Crippen LogP contribution in [-0.2, 0) is 4.79 Å². The van der Waals surface area contributed by atoms with Crippen molar-refractivity contribution in [2.24, 2.45) is 0 Å². The van der Waals surface area contributed by atoms with E-state index in [0.717, 1.165) is 76.6 Å². The quantitative estimate of drug-likeness (QED) is 0.307. The molecule has 1 aromatic heterocycles. The Hall–Kier alpha value is -2.25. The number of hydrogen-bond donors (Lipinski definition) is 2. The van der Waals surface area contributed by atoms with E-state index in [-0.39, 0.29) is 0 Å². The molecule has 172 valence electrons. The highest BCUT2D eigenvalue weighted by atomic mass is 32.2. The predicted octanol–water partition coefficient (Wildman–Crippen LogP) is 5.57. The Morgan fingerprint density at radius 3 is 2.53 bits per heavy atom. The van der Waals surface area contributed by atoms with Gasteiger partial charge in [-0.2, -0.15) is 0 Å². The van der Waals surface area contributed by atoms with E-state index in [0.29, 0.717) is 6.04 Å². The topological polar surface area (TPSA) is 70.4 Å². The lowest BCUT2D eigenvalue weighted by molar-refractivity contribution is -0.106. The summed E-state index contributed by atoms with van der Waals surface area (Å²) >= 11 is 1.68. The summed E-state index contributed by atoms with van der Waals surface area (Å²) in [5.41, 5.74) is 5.79. The van der Waals surface area contributed by atoms with Gasteiger partial charge >= 0.3 is 0 Å². The number of allylic oxidation sites excluding steroid dienone is 1.